The fourth-order valence-electron chi connectivity index (χ4n) is 1.03. The van der Waals surface area contributed by atoms with Crippen LogP contribution >= 0.6 is 0 Å². The molecule has 0 saturated heterocycles. The van der Waals surface area contributed by atoms with E-state index in [2.05, 4.69) is 39.8 Å². The molecule has 0 aliphatic heterocycles. The van der Waals surface area contributed by atoms with Gasteiger partial charge >= 0.3 is 0 Å². The van der Waals surface area contributed by atoms with Crippen LogP contribution in [0, 0.1) is 5.92 Å². The fourth-order valence-corrected chi connectivity index (χ4v) is 1.03. The van der Waals surface area contributed by atoms with Crippen molar-refractivity contribution in [3.8, 4) is 0 Å². The highest BCUT2D eigenvalue weighted by Gasteiger charge is 2.08. The number of hydrogen-bond donors (Lipinski definition) is 2. The summed E-state index contributed by atoms with van der Waals surface area (Å²) in [4.78, 5) is 0. The van der Waals surface area contributed by atoms with Crippen molar-refractivity contribution in [1.29, 1.82) is 0 Å². The molecule has 5 nitrogen and oxygen atoms in total. The smallest absolute Gasteiger partial charge is 0.191 e. The minimum absolute atomic E-state index is 0.178. The molecular weight excluding hydrogens is 166 g/mol. The largest absolute Gasteiger partial charge is 0.307 e. The molecule has 1 rings (SSSR count). The fraction of sp³-hybridized carbons (Fsp3) is 0.875. The van der Waals surface area contributed by atoms with Crippen LogP contribution in [0.3, 0.4) is 0 Å². The predicted molar refractivity (Wildman–Crippen MR) is 50.1 cm³/mol. The summed E-state index contributed by atoms with van der Waals surface area (Å²) in [5.74, 6) is 1.45. The third kappa shape index (κ3) is 3.50. The number of hydrogen-bond acceptors (Lipinski definition) is 4. The van der Waals surface area contributed by atoms with Crippen LogP contribution < -0.4 is 5.32 Å². The summed E-state index contributed by atoms with van der Waals surface area (Å²) in [5.41, 5.74) is 0. The van der Waals surface area contributed by atoms with Gasteiger partial charge in [-0.3, -0.25) is 0 Å². The van der Waals surface area contributed by atoms with Crippen LogP contribution in [0.2, 0.25) is 0 Å². The van der Waals surface area contributed by atoms with E-state index in [1.165, 1.54) is 6.42 Å². The van der Waals surface area contributed by atoms with Gasteiger partial charge in [0, 0.05) is 0 Å². The SMILES string of the molecule is CC(C)CCNC(C)c1nn[nH]n1. The first-order chi connectivity index (χ1) is 6.20. The number of aromatic nitrogens is 4. The molecule has 0 bridgehead atoms. The van der Waals surface area contributed by atoms with E-state index >= 15 is 0 Å². The molecule has 13 heavy (non-hydrogen) atoms. The van der Waals surface area contributed by atoms with Gasteiger partial charge in [0.15, 0.2) is 5.82 Å². The van der Waals surface area contributed by atoms with Crippen LogP contribution in [-0.2, 0) is 0 Å². The molecule has 1 heterocycles. The van der Waals surface area contributed by atoms with Gasteiger partial charge < -0.3 is 5.32 Å². The predicted octanol–water partition coefficient (Wildman–Crippen LogP) is 0.896. The Balaban J connectivity index is 2.22. The lowest BCUT2D eigenvalue weighted by molar-refractivity contribution is 0.485. The average molecular weight is 183 g/mol. The van der Waals surface area contributed by atoms with Crippen molar-refractivity contribution in [1.82, 2.24) is 25.9 Å². The van der Waals surface area contributed by atoms with Crippen LogP contribution in [0.1, 0.15) is 39.1 Å². The maximum atomic E-state index is 3.90. The zero-order valence-corrected chi connectivity index (χ0v) is 8.41. The van der Waals surface area contributed by atoms with Gasteiger partial charge in [-0.25, -0.2) is 0 Å². The van der Waals surface area contributed by atoms with Crippen LogP contribution in [0.25, 0.3) is 0 Å². The van der Waals surface area contributed by atoms with Crippen LogP contribution in [0.5, 0.6) is 0 Å². The van der Waals surface area contributed by atoms with Gasteiger partial charge in [-0.2, -0.15) is 5.21 Å². The summed E-state index contributed by atoms with van der Waals surface area (Å²) in [5, 5.41) is 17.1. The number of aromatic amines is 1. The van der Waals surface area contributed by atoms with Gasteiger partial charge in [0.2, 0.25) is 0 Å². The van der Waals surface area contributed by atoms with E-state index < -0.39 is 0 Å². The molecule has 0 saturated carbocycles. The molecule has 1 aromatic heterocycles. The second-order valence-corrected chi connectivity index (χ2v) is 3.63. The van der Waals surface area contributed by atoms with Gasteiger partial charge in [-0.1, -0.05) is 19.1 Å². The Morgan fingerprint density at radius 3 is 2.69 bits per heavy atom. The lowest BCUT2D eigenvalue weighted by atomic mass is 10.1. The van der Waals surface area contributed by atoms with Crippen LogP contribution in [-0.4, -0.2) is 27.2 Å². The maximum Gasteiger partial charge on any atom is 0.191 e. The third-order valence-electron chi connectivity index (χ3n) is 1.92. The molecular formula is C8H17N5. The van der Waals surface area contributed by atoms with Crippen molar-refractivity contribution < 1.29 is 0 Å². The molecule has 0 spiro atoms. The van der Waals surface area contributed by atoms with E-state index in [1.807, 2.05) is 6.92 Å². The second kappa shape index (κ2) is 4.91. The molecule has 1 atom stereocenters. The van der Waals surface area contributed by atoms with E-state index in [4.69, 9.17) is 0 Å². The van der Waals surface area contributed by atoms with Gasteiger partial charge in [0.25, 0.3) is 0 Å². The molecule has 1 unspecified atom stereocenters. The molecule has 74 valence electrons. The lowest BCUT2D eigenvalue weighted by Crippen LogP contribution is -2.22. The second-order valence-electron chi connectivity index (χ2n) is 3.63. The highest BCUT2D eigenvalue weighted by Crippen LogP contribution is 2.04. The van der Waals surface area contributed by atoms with Gasteiger partial charge in [0.1, 0.15) is 0 Å². The Kier molecular flexibility index (Phi) is 3.82. The first-order valence-electron chi connectivity index (χ1n) is 4.67. The Hall–Kier alpha value is -0.970. The normalized spacial score (nSPS) is 13.5. The van der Waals surface area contributed by atoms with Crippen molar-refractivity contribution in [2.45, 2.75) is 33.2 Å². The van der Waals surface area contributed by atoms with Crippen molar-refractivity contribution in [3.63, 3.8) is 0 Å². The minimum atomic E-state index is 0.178. The first-order valence-corrected chi connectivity index (χ1v) is 4.67. The molecule has 5 heteroatoms. The van der Waals surface area contributed by atoms with Crippen LogP contribution in [0.15, 0.2) is 0 Å². The average Bonchev–Trinajstić information content (AvgIpc) is 2.55. The monoisotopic (exact) mass is 183 g/mol. The molecule has 0 amide bonds. The highest BCUT2D eigenvalue weighted by atomic mass is 15.5. The van der Waals surface area contributed by atoms with Crippen LogP contribution in [0.4, 0.5) is 0 Å². The zero-order chi connectivity index (χ0) is 9.68. The minimum Gasteiger partial charge on any atom is -0.307 e. The summed E-state index contributed by atoms with van der Waals surface area (Å²) in [6.45, 7) is 7.44. The standard InChI is InChI=1S/C8H17N5/c1-6(2)4-5-9-7(3)8-10-12-13-11-8/h6-7,9H,4-5H2,1-3H3,(H,10,11,12,13). The zero-order valence-electron chi connectivity index (χ0n) is 8.41. The number of nitrogens with one attached hydrogen (secondary N) is 2. The van der Waals surface area contributed by atoms with E-state index in [0.717, 1.165) is 18.3 Å². The maximum absolute atomic E-state index is 3.90. The summed E-state index contributed by atoms with van der Waals surface area (Å²) < 4.78 is 0. The summed E-state index contributed by atoms with van der Waals surface area (Å²) in [6, 6.07) is 0.178. The first kappa shape index (κ1) is 10.1. The van der Waals surface area contributed by atoms with Crippen molar-refractivity contribution in [2.75, 3.05) is 6.54 Å². The van der Waals surface area contributed by atoms with Crippen molar-refractivity contribution >= 4 is 0 Å². The summed E-state index contributed by atoms with van der Waals surface area (Å²) >= 11 is 0. The van der Waals surface area contributed by atoms with E-state index in [0.29, 0.717) is 0 Å². The molecule has 1 aromatic rings. The lowest BCUT2D eigenvalue weighted by Gasteiger charge is -2.10. The summed E-state index contributed by atoms with van der Waals surface area (Å²) in [6.07, 6.45) is 1.17. The Labute approximate surface area is 78.3 Å². The third-order valence-corrected chi connectivity index (χ3v) is 1.92. The van der Waals surface area contributed by atoms with Gasteiger partial charge in [-0.05, 0) is 25.8 Å². The van der Waals surface area contributed by atoms with E-state index in [9.17, 15) is 0 Å². The molecule has 0 fully saturated rings. The van der Waals surface area contributed by atoms with Gasteiger partial charge in [0.05, 0.1) is 6.04 Å². The van der Waals surface area contributed by atoms with E-state index in [-0.39, 0.29) is 6.04 Å². The summed E-state index contributed by atoms with van der Waals surface area (Å²) in [7, 11) is 0. The molecule has 0 aliphatic rings. The molecule has 0 aliphatic carbocycles. The number of nitrogens with zero attached hydrogens (tertiary/aromatic N) is 3. The topological polar surface area (TPSA) is 66.5 Å². The van der Waals surface area contributed by atoms with Crippen molar-refractivity contribution in [3.05, 3.63) is 5.82 Å². The number of tetrazole rings is 1. The quantitative estimate of drug-likeness (QED) is 0.711. The highest BCUT2D eigenvalue weighted by molar-refractivity contribution is 4.85. The Morgan fingerprint density at radius 1 is 1.38 bits per heavy atom. The Morgan fingerprint density at radius 2 is 2.15 bits per heavy atom. The molecule has 0 aromatic carbocycles. The number of H-pyrrole nitrogens is 1. The molecule has 2 N–H and O–H groups in total. The van der Waals surface area contributed by atoms with Gasteiger partial charge in [-0.15, -0.1) is 10.2 Å². The van der Waals surface area contributed by atoms with E-state index in [1.54, 1.807) is 0 Å². The van der Waals surface area contributed by atoms with Crippen molar-refractivity contribution in [2.24, 2.45) is 5.92 Å². The Bertz CT molecular complexity index is 218. The number of rotatable bonds is 5. The molecule has 0 radical (unpaired) electrons.